The van der Waals surface area contributed by atoms with Gasteiger partial charge < -0.3 is 32.8 Å². The van der Waals surface area contributed by atoms with E-state index in [1.807, 2.05) is 0 Å². The van der Waals surface area contributed by atoms with Gasteiger partial charge in [0.15, 0.2) is 43.9 Å². The first kappa shape index (κ1) is 25.7. The molecule has 0 aromatic heterocycles. The Kier molecular flexibility index (Phi) is 6.73. The third-order valence-corrected chi connectivity index (χ3v) is 12.1. The molecule has 2 fully saturated rings. The molecule has 0 bridgehead atoms. The molecule has 188 valence electrons. The van der Waals surface area contributed by atoms with Gasteiger partial charge in [0.25, 0.3) is 0 Å². The van der Waals surface area contributed by atoms with Crippen molar-refractivity contribution in [2.24, 2.45) is 0 Å². The van der Waals surface area contributed by atoms with Crippen LogP contribution < -0.4 is 9.47 Å². The smallest absolute Gasteiger partial charge is 0.339 e. The summed E-state index contributed by atoms with van der Waals surface area (Å²) in [6.45, 7) is 14.2. The van der Waals surface area contributed by atoms with Crippen molar-refractivity contribution in [2.45, 2.75) is 83.0 Å². The van der Waals surface area contributed by atoms with Gasteiger partial charge in [-0.25, -0.2) is 9.59 Å². The highest BCUT2D eigenvalue weighted by Gasteiger charge is 2.59. The number of halogens is 1. The lowest BCUT2D eigenvalue weighted by atomic mass is 10.1. The van der Waals surface area contributed by atoms with Crippen LogP contribution in [0.25, 0.3) is 0 Å². The minimum Gasteiger partial charge on any atom is -0.454 e. The number of carbonyl (C=O) groups is 2. The predicted molar refractivity (Wildman–Crippen MR) is 131 cm³/mol. The number of fused-ring (bicyclic) bond motifs is 2. The number of hydrogen-bond donors (Lipinski definition) is 0. The van der Waals surface area contributed by atoms with Gasteiger partial charge in [0, 0.05) is 3.57 Å². The van der Waals surface area contributed by atoms with Crippen LogP contribution in [0.3, 0.4) is 0 Å². The Bertz CT molecular complexity index is 987. The standard InChI is InChI=1S/C23H31IO9Si/c1-22(2,3)34(6,7)29-10-16(17-18-19(21(26)31-17)33-23(4,5)32-18)30-20(25)12-8-14-15(9-13(12)24)28-11-27-14/h8-9,16-19H,10-11H2,1-7H3/t16-,17+,18-,19-/m1/s1. The predicted octanol–water partition coefficient (Wildman–Crippen LogP) is 4.01. The lowest BCUT2D eigenvalue weighted by molar-refractivity contribution is -0.194. The van der Waals surface area contributed by atoms with Gasteiger partial charge in [-0.15, -0.1) is 0 Å². The van der Waals surface area contributed by atoms with Crippen LogP contribution in [0.15, 0.2) is 12.1 Å². The maximum absolute atomic E-state index is 13.3. The Balaban J connectivity index is 1.59. The lowest BCUT2D eigenvalue weighted by Crippen LogP contribution is -2.48. The number of esters is 2. The van der Waals surface area contributed by atoms with Gasteiger partial charge in [0.2, 0.25) is 6.79 Å². The second-order valence-electron chi connectivity index (χ2n) is 10.6. The fourth-order valence-corrected chi connectivity index (χ4v) is 5.42. The minimum atomic E-state index is -2.19. The Morgan fingerprint density at radius 1 is 1.21 bits per heavy atom. The molecule has 0 aliphatic carbocycles. The van der Waals surface area contributed by atoms with Gasteiger partial charge in [-0.3, -0.25) is 0 Å². The molecule has 34 heavy (non-hydrogen) atoms. The fraction of sp³-hybridized carbons (Fsp3) is 0.652. The molecule has 3 heterocycles. The summed E-state index contributed by atoms with van der Waals surface area (Å²) in [5, 5.41) is -0.0574. The number of carbonyl (C=O) groups excluding carboxylic acids is 2. The Morgan fingerprint density at radius 2 is 1.85 bits per heavy atom. The molecule has 11 heteroatoms. The van der Waals surface area contributed by atoms with E-state index >= 15 is 0 Å². The highest BCUT2D eigenvalue weighted by Crippen LogP contribution is 2.40. The van der Waals surface area contributed by atoms with Crippen molar-refractivity contribution in [3.05, 3.63) is 21.3 Å². The van der Waals surface area contributed by atoms with E-state index in [1.165, 1.54) is 0 Å². The Morgan fingerprint density at radius 3 is 2.50 bits per heavy atom. The molecule has 0 saturated carbocycles. The molecule has 0 spiro atoms. The lowest BCUT2D eigenvalue weighted by Gasteiger charge is -2.38. The zero-order chi connectivity index (χ0) is 25.1. The van der Waals surface area contributed by atoms with Crippen molar-refractivity contribution >= 4 is 42.8 Å². The second kappa shape index (κ2) is 8.91. The highest BCUT2D eigenvalue weighted by molar-refractivity contribution is 14.1. The first-order valence-corrected chi connectivity index (χ1v) is 15.2. The van der Waals surface area contributed by atoms with Crippen LogP contribution in [0.5, 0.6) is 11.5 Å². The largest absolute Gasteiger partial charge is 0.454 e. The van der Waals surface area contributed by atoms with E-state index in [9.17, 15) is 9.59 Å². The molecule has 0 radical (unpaired) electrons. The van der Waals surface area contributed by atoms with Crippen LogP contribution in [0, 0.1) is 3.57 Å². The molecule has 3 aliphatic rings. The number of hydrogen-bond acceptors (Lipinski definition) is 9. The summed E-state index contributed by atoms with van der Waals surface area (Å²) in [5.74, 6) is -1.02. The first-order valence-electron chi connectivity index (χ1n) is 11.2. The molecular formula is C23H31IO9Si. The van der Waals surface area contributed by atoms with Crippen molar-refractivity contribution in [3.63, 3.8) is 0 Å². The van der Waals surface area contributed by atoms with Gasteiger partial charge in [0.05, 0.1) is 12.2 Å². The summed E-state index contributed by atoms with van der Waals surface area (Å²) < 4.78 is 41.0. The summed E-state index contributed by atoms with van der Waals surface area (Å²) in [6.07, 6.45) is -3.34. The van der Waals surface area contributed by atoms with Gasteiger partial charge in [0.1, 0.15) is 6.10 Å². The zero-order valence-corrected chi connectivity index (χ0v) is 23.6. The molecule has 0 N–H and O–H groups in total. The van der Waals surface area contributed by atoms with E-state index in [4.69, 9.17) is 32.8 Å². The summed E-state index contributed by atoms with van der Waals surface area (Å²) in [6, 6.07) is 3.32. The third-order valence-electron chi connectivity index (χ3n) is 6.66. The molecule has 0 amide bonds. The van der Waals surface area contributed by atoms with Gasteiger partial charge in [-0.05, 0) is 66.7 Å². The van der Waals surface area contributed by atoms with Crippen molar-refractivity contribution in [1.29, 1.82) is 0 Å². The molecule has 4 rings (SSSR count). The normalized spacial score (nSPS) is 26.2. The van der Waals surface area contributed by atoms with Gasteiger partial charge in [-0.2, -0.15) is 0 Å². The molecule has 1 aromatic carbocycles. The van der Waals surface area contributed by atoms with Crippen molar-refractivity contribution in [2.75, 3.05) is 13.4 Å². The molecule has 1 aromatic rings. The summed E-state index contributed by atoms with van der Waals surface area (Å²) in [5.41, 5.74) is 0.326. The van der Waals surface area contributed by atoms with E-state index in [1.54, 1.807) is 26.0 Å². The van der Waals surface area contributed by atoms with E-state index in [-0.39, 0.29) is 18.4 Å². The van der Waals surface area contributed by atoms with E-state index in [2.05, 4.69) is 56.5 Å². The second-order valence-corrected chi connectivity index (χ2v) is 16.6. The quantitative estimate of drug-likeness (QED) is 0.270. The monoisotopic (exact) mass is 606 g/mol. The SMILES string of the molecule is CC1(C)O[C@@H]2[C@H]([C@@H](CO[Si](C)(C)C(C)(C)C)OC(=O)c3cc4c(cc3I)OCO4)OC(=O)[C@@H]2O1. The Hall–Kier alpha value is -1.41. The van der Waals surface area contributed by atoms with E-state index < -0.39 is 50.5 Å². The van der Waals surface area contributed by atoms with Crippen LogP contribution in [-0.2, 0) is 28.2 Å². The first-order chi connectivity index (χ1) is 15.7. The number of rotatable bonds is 6. The van der Waals surface area contributed by atoms with Crippen LogP contribution in [0.1, 0.15) is 45.0 Å². The average molecular weight is 606 g/mol. The molecule has 4 atom stereocenters. The molecule has 3 aliphatic heterocycles. The highest BCUT2D eigenvalue weighted by atomic mass is 127. The summed E-state index contributed by atoms with van der Waals surface area (Å²) in [4.78, 5) is 25.8. The minimum absolute atomic E-state index is 0.0574. The van der Waals surface area contributed by atoms with Crippen LogP contribution in [0.4, 0.5) is 0 Å². The van der Waals surface area contributed by atoms with Gasteiger partial charge in [-0.1, -0.05) is 20.8 Å². The molecule has 0 unspecified atom stereocenters. The maximum Gasteiger partial charge on any atom is 0.339 e. The average Bonchev–Trinajstić information content (AvgIpc) is 3.37. The van der Waals surface area contributed by atoms with E-state index in [0.29, 0.717) is 20.6 Å². The number of cyclic esters (lactones) is 1. The topological polar surface area (TPSA) is 98.8 Å². The van der Waals surface area contributed by atoms with Crippen LogP contribution in [0.2, 0.25) is 18.1 Å². The maximum atomic E-state index is 13.3. The van der Waals surface area contributed by atoms with Crippen molar-refractivity contribution < 1.29 is 42.4 Å². The van der Waals surface area contributed by atoms with E-state index in [0.717, 1.165) is 0 Å². The molecule has 9 nitrogen and oxygen atoms in total. The summed E-state index contributed by atoms with van der Waals surface area (Å²) in [7, 11) is -2.19. The summed E-state index contributed by atoms with van der Waals surface area (Å²) >= 11 is 2.05. The Labute approximate surface area is 214 Å². The third kappa shape index (κ3) is 4.94. The zero-order valence-electron chi connectivity index (χ0n) is 20.4. The van der Waals surface area contributed by atoms with Crippen molar-refractivity contribution in [1.82, 2.24) is 0 Å². The van der Waals surface area contributed by atoms with Gasteiger partial charge >= 0.3 is 11.9 Å². The number of benzene rings is 1. The molecule has 2 saturated heterocycles. The molecular weight excluding hydrogens is 575 g/mol. The van der Waals surface area contributed by atoms with Crippen molar-refractivity contribution in [3.8, 4) is 11.5 Å². The fourth-order valence-electron chi connectivity index (χ4n) is 3.74. The number of ether oxygens (including phenoxy) is 6. The van der Waals surface area contributed by atoms with Crippen LogP contribution in [-0.4, -0.2) is 63.9 Å². The van der Waals surface area contributed by atoms with Crippen LogP contribution >= 0.6 is 22.6 Å².